The fourth-order valence-corrected chi connectivity index (χ4v) is 2.19. The van der Waals surface area contributed by atoms with Gasteiger partial charge in [0.2, 0.25) is 0 Å². The van der Waals surface area contributed by atoms with Crippen LogP contribution in [0.4, 0.5) is 0 Å². The number of aromatic nitrogens is 2. The number of hydrogen-bond acceptors (Lipinski definition) is 3. The molecule has 3 aromatic rings. The summed E-state index contributed by atoms with van der Waals surface area (Å²) in [5.74, 6) is 0. The van der Waals surface area contributed by atoms with E-state index in [1.54, 1.807) is 16.8 Å². The Morgan fingerprint density at radius 2 is 1.85 bits per heavy atom. The Labute approximate surface area is 116 Å². The number of fused-ring (bicyclic) bond motifs is 1. The molecule has 100 valence electrons. The smallest absolute Gasteiger partial charge is 0.264 e. The molecule has 1 aromatic carbocycles. The molecular weight excluding hydrogens is 250 g/mol. The highest BCUT2D eigenvalue weighted by Gasteiger charge is 2.07. The molecule has 1 unspecified atom stereocenters. The summed E-state index contributed by atoms with van der Waals surface area (Å²) < 4.78 is 1.62. The van der Waals surface area contributed by atoms with E-state index in [4.69, 9.17) is 5.73 Å². The maximum absolute atomic E-state index is 12.5. The van der Waals surface area contributed by atoms with Crippen LogP contribution in [-0.4, -0.2) is 9.55 Å². The van der Waals surface area contributed by atoms with Crippen LogP contribution < -0.4 is 11.3 Å². The Morgan fingerprint density at radius 1 is 1.10 bits per heavy atom. The normalized spacial score (nSPS) is 12.5. The van der Waals surface area contributed by atoms with Gasteiger partial charge in [-0.1, -0.05) is 18.2 Å². The average molecular weight is 265 g/mol. The van der Waals surface area contributed by atoms with E-state index in [0.29, 0.717) is 10.9 Å². The molecule has 3 rings (SSSR count). The van der Waals surface area contributed by atoms with Gasteiger partial charge in [-0.3, -0.25) is 14.3 Å². The predicted octanol–water partition coefficient (Wildman–Crippen LogP) is 2.41. The molecule has 2 heterocycles. The lowest BCUT2D eigenvalue weighted by atomic mass is 10.2. The van der Waals surface area contributed by atoms with E-state index < -0.39 is 0 Å². The van der Waals surface area contributed by atoms with Crippen molar-refractivity contribution in [2.45, 2.75) is 13.0 Å². The van der Waals surface area contributed by atoms with Crippen LogP contribution in [0.5, 0.6) is 0 Å². The molecule has 0 fully saturated rings. The summed E-state index contributed by atoms with van der Waals surface area (Å²) in [6, 6.07) is 14.8. The summed E-state index contributed by atoms with van der Waals surface area (Å²) in [6.45, 7) is 1.87. The average Bonchev–Trinajstić information content (AvgIpc) is 2.48. The van der Waals surface area contributed by atoms with Gasteiger partial charge < -0.3 is 5.73 Å². The van der Waals surface area contributed by atoms with Crippen LogP contribution in [0.3, 0.4) is 0 Å². The molecule has 0 aliphatic rings. The first-order valence-corrected chi connectivity index (χ1v) is 6.50. The molecule has 0 aliphatic heterocycles. The van der Waals surface area contributed by atoms with Crippen LogP contribution in [0, 0.1) is 0 Å². The quantitative estimate of drug-likeness (QED) is 0.774. The second-order valence-electron chi connectivity index (χ2n) is 4.78. The van der Waals surface area contributed by atoms with Crippen molar-refractivity contribution < 1.29 is 0 Å². The van der Waals surface area contributed by atoms with E-state index in [9.17, 15) is 4.79 Å². The maximum atomic E-state index is 12.5. The number of benzene rings is 1. The molecule has 0 bridgehead atoms. The molecule has 4 heteroatoms. The summed E-state index contributed by atoms with van der Waals surface area (Å²) in [6.07, 6.45) is 1.75. The van der Waals surface area contributed by atoms with Gasteiger partial charge in [0.05, 0.1) is 16.6 Å². The number of hydrogen-bond donors (Lipinski definition) is 1. The van der Waals surface area contributed by atoms with E-state index in [-0.39, 0.29) is 11.6 Å². The van der Waals surface area contributed by atoms with E-state index in [1.165, 1.54) is 0 Å². The van der Waals surface area contributed by atoms with Gasteiger partial charge in [0, 0.05) is 17.9 Å². The number of pyridine rings is 2. The van der Waals surface area contributed by atoms with Crippen LogP contribution >= 0.6 is 0 Å². The zero-order chi connectivity index (χ0) is 14.1. The van der Waals surface area contributed by atoms with Gasteiger partial charge in [-0.2, -0.15) is 0 Å². The topological polar surface area (TPSA) is 60.9 Å². The minimum absolute atomic E-state index is 0.0718. The van der Waals surface area contributed by atoms with Crippen LogP contribution in [0.2, 0.25) is 0 Å². The van der Waals surface area contributed by atoms with E-state index >= 15 is 0 Å². The Kier molecular flexibility index (Phi) is 3.08. The van der Waals surface area contributed by atoms with Crippen LogP contribution in [0.1, 0.15) is 18.7 Å². The zero-order valence-electron chi connectivity index (χ0n) is 11.2. The predicted molar refractivity (Wildman–Crippen MR) is 79.9 cm³/mol. The first-order valence-electron chi connectivity index (χ1n) is 6.50. The SMILES string of the molecule is CC(N)c1ccc2c(=O)n(-c3ccccc3)ccc2n1. The zero-order valence-corrected chi connectivity index (χ0v) is 11.2. The van der Waals surface area contributed by atoms with E-state index in [1.807, 2.05) is 49.4 Å². The van der Waals surface area contributed by atoms with E-state index in [2.05, 4.69) is 4.98 Å². The van der Waals surface area contributed by atoms with Crippen molar-refractivity contribution in [1.29, 1.82) is 0 Å². The van der Waals surface area contributed by atoms with Crippen LogP contribution in [0.15, 0.2) is 59.5 Å². The van der Waals surface area contributed by atoms with Gasteiger partial charge in [-0.15, -0.1) is 0 Å². The van der Waals surface area contributed by atoms with Gasteiger partial charge in [-0.05, 0) is 37.3 Å². The van der Waals surface area contributed by atoms with Crippen molar-refractivity contribution in [2.75, 3.05) is 0 Å². The number of rotatable bonds is 2. The summed E-state index contributed by atoms with van der Waals surface area (Å²) >= 11 is 0. The number of nitrogens with two attached hydrogens (primary N) is 1. The van der Waals surface area contributed by atoms with Crippen molar-refractivity contribution in [3.05, 3.63) is 70.8 Å². The third-order valence-electron chi connectivity index (χ3n) is 3.28. The van der Waals surface area contributed by atoms with Crippen LogP contribution in [0.25, 0.3) is 16.6 Å². The summed E-state index contributed by atoms with van der Waals surface area (Å²) in [7, 11) is 0. The van der Waals surface area contributed by atoms with Gasteiger partial charge in [-0.25, -0.2) is 0 Å². The van der Waals surface area contributed by atoms with Gasteiger partial charge in [0.1, 0.15) is 0 Å². The lowest BCUT2D eigenvalue weighted by molar-refractivity contribution is 0.786. The van der Waals surface area contributed by atoms with Crippen molar-refractivity contribution in [1.82, 2.24) is 9.55 Å². The summed E-state index contributed by atoms with van der Waals surface area (Å²) in [4.78, 5) is 16.9. The molecule has 0 amide bonds. The lowest BCUT2D eigenvalue weighted by Gasteiger charge is -2.09. The largest absolute Gasteiger partial charge is 0.323 e. The second kappa shape index (κ2) is 4.90. The fraction of sp³-hybridized carbons (Fsp3) is 0.125. The molecule has 0 saturated heterocycles. The molecular formula is C16H15N3O. The Balaban J connectivity index is 2.22. The van der Waals surface area contributed by atoms with Gasteiger partial charge >= 0.3 is 0 Å². The highest BCUT2D eigenvalue weighted by molar-refractivity contribution is 5.77. The minimum Gasteiger partial charge on any atom is -0.323 e. The Bertz CT molecular complexity index is 807. The highest BCUT2D eigenvalue weighted by atomic mass is 16.1. The van der Waals surface area contributed by atoms with Crippen molar-refractivity contribution >= 4 is 10.9 Å². The maximum Gasteiger partial charge on any atom is 0.264 e. The highest BCUT2D eigenvalue weighted by Crippen LogP contribution is 2.14. The van der Waals surface area contributed by atoms with Gasteiger partial charge in [0.25, 0.3) is 5.56 Å². The van der Waals surface area contributed by atoms with Crippen molar-refractivity contribution in [3.63, 3.8) is 0 Å². The third kappa shape index (κ3) is 2.10. The monoisotopic (exact) mass is 265 g/mol. The number of nitrogens with zero attached hydrogens (tertiary/aromatic N) is 2. The second-order valence-corrected chi connectivity index (χ2v) is 4.78. The van der Waals surface area contributed by atoms with E-state index in [0.717, 1.165) is 11.4 Å². The molecule has 1 atom stereocenters. The molecule has 0 saturated carbocycles. The Hall–Kier alpha value is -2.46. The van der Waals surface area contributed by atoms with Crippen molar-refractivity contribution in [2.24, 2.45) is 5.73 Å². The Morgan fingerprint density at radius 3 is 2.55 bits per heavy atom. The minimum atomic E-state index is -0.143. The molecule has 20 heavy (non-hydrogen) atoms. The molecule has 0 spiro atoms. The summed E-state index contributed by atoms with van der Waals surface area (Å²) in [5.41, 5.74) is 8.05. The molecule has 0 radical (unpaired) electrons. The van der Waals surface area contributed by atoms with Gasteiger partial charge in [0.15, 0.2) is 0 Å². The van der Waals surface area contributed by atoms with Crippen molar-refractivity contribution in [3.8, 4) is 5.69 Å². The molecule has 2 N–H and O–H groups in total. The summed E-state index contributed by atoms with van der Waals surface area (Å²) in [5, 5.41) is 0.598. The molecule has 2 aromatic heterocycles. The first-order chi connectivity index (χ1) is 9.66. The molecule has 0 aliphatic carbocycles. The third-order valence-corrected chi connectivity index (χ3v) is 3.28. The fourth-order valence-electron chi connectivity index (χ4n) is 2.19. The lowest BCUT2D eigenvalue weighted by Crippen LogP contribution is -2.18. The standard InChI is InChI=1S/C16H15N3O/c1-11(17)14-8-7-13-15(18-14)9-10-19(16(13)20)12-5-3-2-4-6-12/h2-11H,17H2,1H3. The first kappa shape index (κ1) is 12.6. The number of para-hydroxylation sites is 1. The molecule has 4 nitrogen and oxygen atoms in total. The van der Waals surface area contributed by atoms with Crippen LogP contribution in [-0.2, 0) is 0 Å².